The second-order valence-electron chi connectivity index (χ2n) is 5.92. The van der Waals surface area contributed by atoms with Crippen molar-refractivity contribution in [1.82, 2.24) is 0 Å². The normalized spacial score (nSPS) is 39.5. The van der Waals surface area contributed by atoms with Crippen LogP contribution >= 0.6 is 0 Å². The van der Waals surface area contributed by atoms with Gasteiger partial charge in [-0.25, -0.2) is 0 Å². The number of fused-ring (bicyclic) bond motifs is 3. The van der Waals surface area contributed by atoms with Crippen LogP contribution in [0.1, 0.15) is 31.2 Å². The highest BCUT2D eigenvalue weighted by atomic mass is 32.2. The van der Waals surface area contributed by atoms with E-state index >= 15 is 0 Å². The maximum atomic E-state index is 13.0. The van der Waals surface area contributed by atoms with Gasteiger partial charge >= 0.3 is 6.29 Å². The van der Waals surface area contributed by atoms with Gasteiger partial charge in [0.1, 0.15) is 0 Å². The summed E-state index contributed by atoms with van der Waals surface area (Å²) >= 11 is 0. The fraction of sp³-hybridized carbons (Fsp3) is 0.571. The first-order valence-corrected chi connectivity index (χ1v) is 8.16. The molecular weight excluding hydrogens is 302 g/mol. The fourth-order valence-electron chi connectivity index (χ4n) is 3.56. The summed E-state index contributed by atoms with van der Waals surface area (Å²) < 4.78 is 46.9. The predicted molar refractivity (Wildman–Crippen MR) is 70.7 cm³/mol. The molecule has 2 atom stereocenters. The number of halogens is 2. The smallest absolute Gasteiger partial charge is 0.395 e. The van der Waals surface area contributed by atoms with Gasteiger partial charge in [-0.15, -0.1) is 8.78 Å². The Bertz CT molecular complexity index is 617. The van der Waals surface area contributed by atoms with Gasteiger partial charge < -0.3 is 14.6 Å². The van der Waals surface area contributed by atoms with E-state index in [-0.39, 0.29) is 22.0 Å². The average molecular weight is 316 g/mol. The van der Waals surface area contributed by atoms with E-state index in [1.54, 1.807) is 6.07 Å². The van der Waals surface area contributed by atoms with E-state index < -0.39 is 22.7 Å². The Morgan fingerprint density at radius 2 is 1.76 bits per heavy atom. The third-order valence-electron chi connectivity index (χ3n) is 4.54. The number of ether oxygens (including phenoxy) is 2. The van der Waals surface area contributed by atoms with Crippen molar-refractivity contribution < 1.29 is 27.6 Å². The van der Waals surface area contributed by atoms with Crippen LogP contribution in [0.25, 0.3) is 0 Å². The molecule has 3 aliphatic rings. The molecule has 1 aromatic rings. The Balaban J connectivity index is 1.67. The molecule has 2 bridgehead atoms. The van der Waals surface area contributed by atoms with Gasteiger partial charge in [-0.3, -0.25) is 4.21 Å². The number of rotatable bonds is 1. The van der Waals surface area contributed by atoms with Crippen LogP contribution in [0.2, 0.25) is 0 Å². The Hall–Kier alpha value is -1.21. The summed E-state index contributed by atoms with van der Waals surface area (Å²) in [5.74, 6) is -0.0975. The molecule has 0 aliphatic carbocycles. The van der Waals surface area contributed by atoms with E-state index in [9.17, 15) is 18.1 Å². The molecule has 0 aromatic heterocycles. The minimum absolute atomic E-state index is 0.0133. The lowest BCUT2D eigenvalue weighted by molar-refractivity contribution is -0.286. The second-order valence-corrected chi connectivity index (χ2v) is 7.91. The SMILES string of the molecule is O=S1C2CCC1CC(O)(c1ccc3c(c1)OC(F)(F)O3)C2. The molecule has 0 radical (unpaired) electrons. The maximum absolute atomic E-state index is 13.0. The summed E-state index contributed by atoms with van der Waals surface area (Å²) in [6.45, 7) is 0. The molecule has 3 aliphatic heterocycles. The monoisotopic (exact) mass is 316 g/mol. The average Bonchev–Trinajstić information content (AvgIpc) is 2.81. The van der Waals surface area contributed by atoms with E-state index in [0.29, 0.717) is 18.4 Å². The van der Waals surface area contributed by atoms with Crippen molar-refractivity contribution in [2.24, 2.45) is 0 Å². The highest BCUT2D eigenvalue weighted by Gasteiger charge is 2.49. The van der Waals surface area contributed by atoms with Crippen molar-refractivity contribution >= 4 is 10.8 Å². The van der Waals surface area contributed by atoms with E-state index in [4.69, 9.17) is 0 Å². The minimum atomic E-state index is -3.66. The first-order valence-electron chi connectivity index (χ1n) is 6.88. The standard InChI is InChI=1S/C14H14F2O4S/c15-14(16)19-11-4-1-8(5-12(11)20-14)13(17)6-9-2-3-10(7-13)21(9)18/h1,4-5,9-10,17H,2-3,6-7H2. The summed E-state index contributed by atoms with van der Waals surface area (Å²) in [5, 5.41) is 10.9. The quantitative estimate of drug-likeness (QED) is 0.863. The van der Waals surface area contributed by atoms with Crippen LogP contribution in [0.15, 0.2) is 18.2 Å². The lowest BCUT2D eigenvalue weighted by Gasteiger charge is -2.36. The van der Waals surface area contributed by atoms with Gasteiger partial charge in [0.15, 0.2) is 11.5 Å². The molecule has 0 amide bonds. The number of alkyl halides is 2. The molecule has 114 valence electrons. The third kappa shape index (κ3) is 2.05. The van der Waals surface area contributed by atoms with Crippen LogP contribution in [0.3, 0.4) is 0 Å². The Morgan fingerprint density at radius 1 is 1.14 bits per heavy atom. The van der Waals surface area contributed by atoms with E-state index in [0.717, 1.165) is 12.8 Å². The highest BCUT2D eigenvalue weighted by Crippen LogP contribution is 2.49. The predicted octanol–water partition coefficient (Wildman–Crippen LogP) is 2.27. The lowest BCUT2D eigenvalue weighted by atomic mass is 9.86. The highest BCUT2D eigenvalue weighted by molar-refractivity contribution is 7.86. The minimum Gasteiger partial charge on any atom is -0.395 e. The van der Waals surface area contributed by atoms with Crippen LogP contribution in [-0.2, 0) is 16.4 Å². The molecule has 7 heteroatoms. The molecule has 0 spiro atoms. The van der Waals surface area contributed by atoms with E-state index in [2.05, 4.69) is 9.47 Å². The summed E-state index contributed by atoms with van der Waals surface area (Å²) in [5.41, 5.74) is -0.605. The molecule has 0 saturated carbocycles. The molecule has 2 fully saturated rings. The summed E-state index contributed by atoms with van der Waals surface area (Å²) in [7, 11) is -0.887. The summed E-state index contributed by atoms with van der Waals surface area (Å²) in [6, 6.07) is 4.37. The topological polar surface area (TPSA) is 55.8 Å². The Labute approximate surface area is 122 Å². The molecule has 21 heavy (non-hydrogen) atoms. The molecule has 4 nitrogen and oxygen atoms in total. The molecule has 3 heterocycles. The van der Waals surface area contributed by atoms with Crippen molar-refractivity contribution in [2.75, 3.05) is 0 Å². The van der Waals surface area contributed by atoms with Crippen molar-refractivity contribution in [2.45, 2.75) is 48.1 Å². The largest absolute Gasteiger partial charge is 0.586 e. The van der Waals surface area contributed by atoms with Gasteiger partial charge in [0.25, 0.3) is 0 Å². The van der Waals surface area contributed by atoms with Crippen LogP contribution in [0, 0.1) is 0 Å². The van der Waals surface area contributed by atoms with Crippen LogP contribution < -0.4 is 9.47 Å². The number of hydrogen-bond donors (Lipinski definition) is 1. The molecule has 2 saturated heterocycles. The maximum Gasteiger partial charge on any atom is 0.586 e. The summed E-state index contributed by atoms with van der Waals surface area (Å²) in [4.78, 5) is 0. The first kappa shape index (κ1) is 13.5. The number of benzene rings is 1. The van der Waals surface area contributed by atoms with Gasteiger partial charge in [0, 0.05) is 21.3 Å². The zero-order valence-electron chi connectivity index (χ0n) is 11.1. The van der Waals surface area contributed by atoms with Gasteiger partial charge in [-0.05, 0) is 43.4 Å². The van der Waals surface area contributed by atoms with Gasteiger partial charge in [0.05, 0.1) is 5.60 Å². The van der Waals surface area contributed by atoms with Crippen molar-refractivity contribution in [1.29, 1.82) is 0 Å². The summed E-state index contributed by atoms with van der Waals surface area (Å²) in [6.07, 6.45) is -1.17. The molecule has 4 rings (SSSR count). The number of hydrogen-bond acceptors (Lipinski definition) is 4. The zero-order valence-corrected chi connectivity index (χ0v) is 11.9. The van der Waals surface area contributed by atoms with Gasteiger partial charge in [-0.2, -0.15) is 0 Å². The molecule has 1 aromatic carbocycles. The van der Waals surface area contributed by atoms with E-state index in [1.165, 1.54) is 12.1 Å². The van der Waals surface area contributed by atoms with Crippen molar-refractivity contribution in [3.63, 3.8) is 0 Å². The molecule has 2 unspecified atom stereocenters. The molecule has 1 N–H and O–H groups in total. The van der Waals surface area contributed by atoms with Crippen molar-refractivity contribution in [3.05, 3.63) is 23.8 Å². The lowest BCUT2D eigenvalue weighted by Crippen LogP contribution is -2.40. The van der Waals surface area contributed by atoms with Crippen LogP contribution in [0.5, 0.6) is 11.5 Å². The first-order chi connectivity index (χ1) is 9.86. The van der Waals surface area contributed by atoms with Crippen LogP contribution in [0.4, 0.5) is 8.78 Å². The fourth-order valence-corrected chi connectivity index (χ4v) is 5.72. The Kier molecular flexibility index (Phi) is 2.67. The Morgan fingerprint density at radius 3 is 2.43 bits per heavy atom. The zero-order chi connectivity index (χ0) is 14.8. The number of aliphatic hydroxyl groups is 1. The van der Waals surface area contributed by atoms with Gasteiger partial charge in [-0.1, -0.05) is 6.07 Å². The second kappa shape index (κ2) is 4.16. The van der Waals surface area contributed by atoms with Crippen LogP contribution in [-0.4, -0.2) is 26.1 Å². The molecular formula is C14H14F2O4S. The van der Waals surface area contributed by atoms with E-state index in [1.807, 2.05) is 0 Å². The van der Waals surface area contributed by atoms with Crippen molar-refractivity contribution in [3.8, 4) is 11.5 Å². The third-order valence-corrected chi connectivity index (χ3v) is 6.66. The van der Waals surface area contributed by atoms with Gasteiger partial charge in [0.2, 0.25) is 0 Å².